The number of aromatic nitrogens is 1. The van der Waals surface area contributed by atoms with Gasteiger partial charge in [-0.05, 0) is 18.2 Å². The third kappa shape index (κ3) is 3.04. The normalized spacial score (nSPS) is 10.4. The maximum Gasteiger partial charge on any atom is 0.308 e. The minimum atomic E-state index is -1.36. The van der Waals surface area contributed by atoms with Gasteiger partial charge in [-0.15, -0.1) is 0 Å². The number of hydrogen-bond donors (Lipinski definition) is 1. The molecule has 0 aliphatic rings. The number of carbonyl (C=O) groups is 1. The Morgan fingerprint density at radius 2 is 2.14 bits per heavy atom. The molecule has 1 amide bonds. The van der Waals surface area contributed by atoms with Gasteiger partial charge in [0.25, 0.3) is 5.91 Å². The molecule has 0 unspecified atom stereocenters. The largest absolute Gasteiger partial charge is 0.353 e. The van der Waals surface area contributed by atoms with E-state index in [4.69, 9.17) is 0 Å². The molecule has 1 heterocycles. The summed E-state index contributed by atoms with van der Waals surface area (Å²) in [5.41, 5.74) is -1.02. The lowest BCUT2D eigenvalue weighted by Gasteiger charge is -2.07. The molecule has 2 aromatic rings. The molecule has 0 aliphatic heterocycles. The van der Waals surface area contributed by atoms with E-state index in [1.54, 1.807) is 29.9 Å². The van der Waals surface area contributed by atoms with Crippen molar-refractivity contribution in [2.75, 3.05) is 0 Å². The van der Waals surface area contributed by atoms with Crippen molar-refractivity contribution in [2.45, 2.75) is 6.54 Å². The first-order valence-electron chi connectivity index (χ1n) is 5.92. The van der Waals surface area contributed by atoms with Crippen LogP contribution in [0.25, 0.3) is 0 Å². The Hall–Kier alpha value is -2.77. The number of nitrogens with zero attached hydrogens (tertiary/aromatic N) is 2. The molecule has 0 saturated heterocycles. The molecule has 1 aromatic carbocycles. The van der Waals surface area contributed by atoms with E-state index in [9.17, 15) is 23.7 Å². The number of nitrogens with one attached hydrogen (secondary N) is 1. The third-order valence-corrected chi connectivity index (χ3v) is 2.94. The van der Waals surface area contributed by atoms with Crippen LogP contribution in [0.5, 0.6) is 0 Å². The fourth-order valence-electron chi connectivity index (χ4n) is 1.82. The number of amides is 1. The Kier molecular flexibility index (Phi) is 3.97. The molecule has 1 aromatic heterocycles. The minimum absolute atomic E-state index is 0.0894. The number of benzene rings is 1. The molecule has 6 nitrogen and oxygen atoms in total. The lowest BCUT2D eigenvalue weighted by atomic mass is 10.1. The summed E-state index contributed by atoms with van der Waals surface area (Å²) in [4.78, 5) is 21.4. The molecule has 1 N–H and O–H groups in total. The van der Waals surface area contributed by atoms with Gasteiger partial charge in [-0.2, -0.15) is 4.39 Å². The maximum absolute atomic E-state index is 13.8. The van der Waals surface area contributed by atoms with Gasteiger partial charge < -0.3 is 9.88 Å². The Morgan fingerprint density at radius 1 is 1.43 bits per heavy atom. The van der Waals surface area contributed by atoms with Crippen LogP contribution in [-0.4, -0.2) is 15.4 Å². The SMILES string of the molecule is Cn1cccc1CNC(=O)c1cc(F)cc([N+](=O)[O-])c1F. The van der Waals surface area contributed by atoms with Crippen LogP contribution in [0.15, 0.2) is 30.5 Å². The van der Waals surface area contributed by atoms with Gasteiger partial charge in [-0.25, -0.2) is 4.39 Å². The van der Waals surface area contributed by atoms with Crippen LogP contribution in [0.1, 0.15) is 16.1 Å². The molecule has 0 spiro atoms. The van der Waals surface area contributed by atoms with Crippen molar-refractivity contribution in [3.63, 3.8) is 0 Å². The van der Waals surface area contributed by atoms with Crippen molar-refractivity contribution in [3.8, 4) is 0 Å². The fraction of sp³-hybridized carbons (Fsp3) is 0.154. The van der Waals surface area contributed by atoms with Gasteiger partial charge in [0.05, 0.1) is 23.1 Å². The molecule has 0 saturated carbocycles. The van der Waals surface area contributed by atoms with E-state index in [2.05, 4.69) is 5.32 Å². The molecule has 8 heteroatoms. The zero-order valence-electron chi connectivity index (χ0n) is 11.0. The highest BCUT2D eigenvalue weighted by Gasteiger charge is 2.24. The maximum atomic E-state index is 13.8. The number of hydrogen-bond acceptors (Lipinski definition) is 3. The van der Waals surface area contributed by atoms with Crippen molar-refractivity contribution in [1.29, 1.82) is 0 Å². The second kappa shape index (κ2) is 5.70. The van der Waals surface area contributed by atoms with Crippen LogP contribution in [0.4, 0.5) is 14.5 Å². The van der Waals surface area contributed by atoms with Crippen molar-refractivity contribution >= 4 is 11.6 Å². The molecule has 0 radical (unpaired) electrons. The van der Waals surface area contributed by atoms with Gasteiger partial charge in [0, 0.05) is 18.9 Å². The van der Waals surface area contributed by atoms with Gasteiger partial charge in [-0.3, -0.25) is 14.9 Å². The summed E-state index contributed by atoms with van der Waals surface area (Å²) in [6.45, 7) is 0.0894. The van der Waals surface area contributed by atoms with E-state index in [0.717, 1.165) is 5.69 Å². The Balaban J connectivity index is 2.23. The Labute approximate surface area is 118 Å². The number of aryl methyl sites for hydroxylation is 1. The number of rotatable bonds is 4. The van der Waals surface area contributed by atoms with E-state index in [1.807, 2.05) is 0 Å². The summed E-state index contributed by atoms with van der Waals surface area (Å²) in [7, 11) is 1.76. The Morgan fingerprint density at radius 3 is 2.71 bits per heavy atom. The summed E-state index contributed by atoms with van der Waals surface area (Å²) in [5.74, 6) is -3.32. The van der Waals surface area contributed by atoms with E-state index in [-0.39, 0.29) is 6.54 Å². The molecule has 110 valence electrons. The van der Waals surface area contributed by atoms with Crippen molar-refractivity contribution in [2.24, 2.45) is 7.05 Å². The van der Waals surface area contributed by atoms with Gasteiger partial charge in [-0.1, -0.05) is 0 Å². The second-order valence-corrected chi connectivity index (χ2v) is 4.34. The number of carbonyl (C=O) groups excluding carboxylic acids is 1. The monoisotopic (exact) mass is 295 g/mol. The van der Waals surface area contributed by atoms with Crippen molar-refractivity contribution in [3.05, 3.63) is 63.5 Å². The number of nitro benzene ring substituents is 1. The standard InChI is InChI=1S/C13H11F2N3O3/c1-17-4-2-3-9(17)7-16-13(19)10-5-8(14)6-11(12(10)15)18(20)21/h2-6H,7H2,1H3,(H,16,19). The fourth-order valence-corrected chi connectivity index (χ4v) is 1.82. The summed E-state index contributed by atoms with van der Waals surface area (Å²) >= 11 is 0. The van der Waals surface area contributed by atoms with E-state index in [0.29, 0.717) is 12.1 Å². The smallest absolute Gasteiger partial charge is 0.308 e. The predicted octanol–water partition coefficient (Wildman–Crippen LogP) is 2.14. The summed E-state index contributed by atoms with van der Waals surface area (Å²) in [5, 5.41) is 13.0. The molecule has 0 atom stereocenters. The van der Waals surface area contributed by atoms with Crippen LogP contribution < -0.4 is 5.32 Å². The van der Waals surface area contributed by atoms with Crippen molar-refractivity contribution < 1.29 is 18.5 Å². The average Bonchev–Trinajstić information content (AvgIpc) is 2.83. The molecule has 0 bridgehead atoms. The molecular weight excluding hydrogens is 284 g/mol. The summed E-state index contributed by atoms with van der Waals surface area (Å²) < 4.78 is 28.8. The highest BCUT2D eigenvalue weighted by molar-refractivity contribution is 5.95. The highest BCUT2D eigenvalue weighted by Crippen LogP contribution is 2.22. The summed E-state index contributed by atoms with van der Waals surface area (Å²) in [6.07, 6.45) is 1.76. The van der Waals surface area contributed by atoms with Crippen molar-refractivity contribution in [1.82, 2.24) is 9.88 Å². The first kappa shape index (κ1) is 14.6. The van der Waals surface area contributed by atoms with Crippen LogP contribution in [0.3, 0.4) is 0 Å². The highest BCUT2D eigenvalue weighted by atomic mass is 19.1. The minimum Gasteiger partial charge on any atom is -0.353 e. The van der Waals surface area contributed by atoms with Crippen LogP contribution >= 0.6 is 0 Å². The lowest BCUT2D eigenvalue weighted by Crippen LogP contribution is -2.25. The third-order valence-electron chi connectivity index (χ3n) is 2.94. The number of nitro groups is 1. The Bertz CT molecular complexity index is 713. The quantitative estimate of drug-likeness (QED) is 0.693. The van der Waals surface area contributed by atoms with E-state index >= 15 is 0 Å². The van der Waals surface area contributed by atoms with Crippen LogP contribution in [0.2, 0.25) is 0 Å². The first-order valence-corrected chi connectivity index (χ1v) is 5.92. The van der Waals surface area contributed by atoms with Gasteiger partial charge in [0.15, 0.2) is 0 Å². The number of halogens is 2. The molecule has 21 heavy (non-hydrogen) atoms. The van der Waals surface area contributed by atoms with Gasteiger partial charge >= 0.3 is 5.69 Å². The molecule has 0 fully saturated rings. The lowest BCUT2D eigenvalue weighted by molar-refractivity contribution is -0.387. The van der Waals surface area contributed by atoms with Crippen LogP contribution in [0, 0.1) is 21.7 Å². The van der Waals surface area contributed by atoms with E-state index in [1.165, 1.54) is 0 Å². The topological polar surface area (TPSA) is 77.2 Å². The van der Waals surface area contributed by atoms with E-state index < -0.39 is 33.7 Å². The van der Waals surface area contributed by atoms with Crippen LogP contribution in [-0.2, 0) is 13.6 Å². The average molecular weight is 295 g/mol. The zero-order chi connectivity index (χ0) is 15.6. The summed E-state index contributed by atoms with van der Waals surface area (Å²) in [6, 6.07) is 4.56. The molecular formula is C13H11F2N3O3. The second-order valence-electron chi connectivity index (χ2n) is 4.34. The molecule has 2 rings (SSSR count). The molecule has 0 aliphatic carbocycles. The van der Waals surface area contributed by atoms with Gasteiger partial charge in [0.1, 0.15) is 5.82 Å². The zero-order valence-corrected chi connectivity index (χ0v) is 11.0. The van der Waals surface area contributed by atoms with Gasteiger partial charge in [0.2, 0.25) is 5.82 Å². The predicted molar refractivity (Wildman–Crippen MR) is 69.6 cm³/mol. The first-order chi connectivity index (χ1) is 9.90.